The van der Waals surface area contributed by atoms with E-state index in [1.54, 1.807) is 12.1 Å². The first kappa shape index (κ1) is 17.7. The van der Waals surface area contributed by atoms with E-state index in [9.17, 15) is 9.18 Å². The molecule has 0 saturated carbocycles. The van der Waals surface area contributed by atoms with Crippen molar-refractivity contribution in [2.75, 3.05) is 24.5 Å². The van der Waals surface area contributed by atoms with E-state index < -0.39 is 0 Å². The normalized spacial score (nSPS) is 16.9. The molecule has 0 aromatic heterocycles. The second kappa shape index (κ2) is 7.87. The van der Waals surface area contributed by atoms with Gasteiger partial charge in [-0.3, -0.25) is 4.79 Å². The first-order chi connectivity index (χ1) is 12.0. The fraction of sp³-hybridized carbons (Fsp3) is 0.350. The number of carbonyl (C=O) groups excluding carboxylic acids is 1. The fourth-order valence-corrected chi connectivity index (χ4v) is 3.46. The van der Waals surface area contributed by atoms with E-state index in [1.165, 1.54) is 23.4 Å². The highest BCUT2D eigenvalue weighted by atomic mass is 35.5. The first-order valence-electron chi connectivity index (χ1n) is 8.53. The van der Waals surface area contributed by atoms with E-state index >= 15 is 0 Å². The van der Waals surface area contributed by atoms with Crippen molar-refractivity contribution in [1.29, 1.82) is 0 Å². The molecule has 1 fully saturated rings. The zero-order valence-electron chi connectivity index (χ0n) is 14.3. The van der Waals surface area contributed by atoms with Crippen LogP contribution in [0.15, 0.2) is 42.5 Å². The molecular weight excluding hydrogens is 339 g/mol. The van der Waals surface area contributed by atoms with Gasteiger partial charge in [0.05, 0.1) is 6.42 Å². The van der Waals surface area contributed by atoms with E-state index in [4.69, 9.17) is 11.6 Å². The average Bonchev–Trinajstić information content (AvgIpc) is 3.04. The number of carbonyl (C=O) groups is 1. The van der Waals surface area contributed by atoms with Gasteiger partial charge in [-0.05, 0) is 54.7 Å². The third-order valence-corrected chi connectivity index (χ3v) is 4.87. The number of amides is 1. The molecule has 1 N–H and O–H groups in total. The minimum absolute atomic E-state index is 0.0667. The molecule has 1 aliphatic rings. The Bertz CT molecular complexity index is 765. The van der Waals surface area contributed by atoms with Gasteiger partial charge < -0.3 is 10.2 Å². The van der Waals surface area contributed by atoms with Gasteiger partial charge in [0.1, 0.15) is 5.82 Å². The van der Waals surface area contributed by atoms with Crippen molar-refractivity contribution >= 4 is 23.2 Å². The number of rotatable bonds is 5. The molecule has 1 aliphatic heterocycles. The van der Waals surface area contributed by atoms with Crippen molar-refractivity contribution < 1.29 is 9.18 Å². The molecule has 2 aromatic carbocycles. The van der Waals surface area contributed by atoms with Gasteiger partial charge >= 0.3 is 0 Å². The standard InChI is InChI=1S/C20H22ClFN2O/c1-14-5-6-17(21)11-19(14)24-8-7-16(13-24)12-23-20(25)10-15-3-2-4-18(22)9-15/h2-6,9,11,16H,7-8,10,12-13H2,1H3,(H,23,25). The van der Waals surface area contributed by atoms with Crippen LogP contribution in [0.3, 0.4) is 0 Å². The number of hydrogen-bond donors (Lipinski definition) is 1. The number of aryl methyl sites for hydroxylation is 1. The minimum Gasteiger partial charge on any atom is -0.371 e. The Hall–Kier alpha value is -2.07. The number of nitrogens with zero attached hydrogens (tertiary/aromatic N) is 1. The molecule has 132 valence electrons. The highest BCUT2D eigenvalue weighted by molar-refractivity contribution is 6.30. The summed E-state index contributed by atoms with van der Waals surface area (Å²) in [6, 6.07) is 12.1. The van der Waals surface area contributed by atoms with Crippen molar-refractivity contribution in [2.24, 2.45) is 5.92 Å². The first-order valence-corrected chi connectivity index (χ1v) is 8.91. The summed E-state index contributed by atoms with van der Waals surface area (Å²) in [7, 11) is 0. The smallest absolute Gasteiger partial charge is 0.224 e. The van der Waals surface area contributed by atoms with Crippen LogP contribution in [0.1, 0.15) is 17.5 Å². The van der Waals surface area contributed by atoms with E-state index in [-0.39, 0.29) is 18.1 Å². The Morgan fingerprint density at radius 2 is 2.16 bits per heavy atom. The van der Waals surface area contributed by atoms with Crippen LogP contribution in [0.5, 0.6) is 0 Å². The van der Waals surface area contributed by atoms with Gasteiger partial charge in [0.15, 0.2) is 0 Å². The lowest BCUT2D eigenvalue weighted by molar-refractivity contribution is -0.120. The SMILES string of the molecule is Cc1ccc(Cl)cc1N1CCC(CNC(=O)Cc2cccc(F)c2)C1. The number of anilines is 1. The topological polar surface area (TPSA) is 32.3 Å². The minimum atomic E-state index is -0.311. The van der Waals surface area contributed by atoms with E-state index in [1.807, 2.05) is 18.2 Å². The van der Waals surface area contributed by atoms with Gasteiger partial charge in [0, 0.05) is 30.3 Å². The summed E-state index contributed by atoms with van der Waals surface area (Å²) in [6.45, 7) is 4.59. The lowest BCUT2D eigenvalue weighted by Crippen LogP contribution is -2.32. The van der Waals surface area contributed by atoms with Crippen molar-refractivity contribution in [3.8, 4) is 0 Å². The summed E-state index contributed by atoms with van der Waals surface area (Å²) in [5, 5.41) is 3.72. The van der Waals surface area contributed by atoms with Gasteiger partial charge in [-0.2, -0.15) is 0 Å². The van der Waals surface area contributed by atoms with Gasteiger partial charge in [-0.1, -0.05) is 29.8 Å². The molecule has 1 atom stereocenters. The van der Waals surface area contributed by atoms with Crippen LogP contribution in [-0.4, -0.2) is 25.5 Å². The zero-order chi connectivity index (χ0) is 17.8. The quantitative estimate of drug-likeness (QED) is 0.875. The molecule has 0 spiro atoms. The van der Waals surface area contributed by atoms with Gasteiger partial charge in [-0.15, -0.1) is 0 Å². The Labute approximate surface area is 152 Å². The highest BCUT2D eigenvalue weighted by Gasteiger charge is 2.24. The molecule has 1 heterocycles. The predicted molar refractivity (Wildman–Crippen MR) is 99.6 cm³/mol. The molecule has 1 unspecified atom stereocenters. The number of benzene rings is 2. The summed E-state index contributed by atoms with van der Waals surface area (Å²) < 4.78 is 13.2. The third kappa shape index (κ3) is 4.73. The fourth-order valence-electron chi connectivity index (χ4n) is 3.29. The predicted octanol–water partition coefficient (Wildman–Crippen LogP) is 3.97. The van der Waals surface area contributed by atoms with Crippen molar-refractivity contribution in [1.82, 2.24) is 5.32 Å². The second-order valence-electron chi connectivity index (χ2n) is 6.64. The number of hydrogen-bond acceptors (Lipinski definition) is 2. The van der Waals surface area contributed by atoms with E-state index in [0.29, 0.717) is 18.0 Å². The molecule has 5 heteroatoms. The molecule has 0 bridgehead atoms. The molecule has 2 aromatic rings. The molecule has 0 radical (unpaired) electrons. The highest BCUT2D eigenvalue weighted by Crippen LogP contribution is 2.29. The van der Waals surface area contributed by atoms with Crippen LogP contribution in [0.25, 0.3) is 0 Å². The van der Waals surface area contributed by atoms with Crippen LogP contribution in [0.4, 0.5) is 10.1 Å². The van der Waals surface area contributed by atoms with E-state index in [2.05, 4.69) is 17.1 Å². The maximum atomic E-state index is 13.2. The molecule has 1 amide bonds. The summed E-state index contributed by atoms with van der Waals surface area (Å²) in [5.41, 5.74) is 3.07. The summed E-state index contributed by atoms with van der Waals surface area (Å²) in [6.07, 6.45) is 1.24. The molecule has 1 saturated heterocycles. The average molecular weight is 361 g/mol. The Balaban J connectivity index is 1.50. The van der Waals surface area contributed by atoms with Crippen LogP contribution in [0, 0.1) is 18.7 Å². The molecule has 3 nitrogen and oxygen atoms in total. The van der Waals surface area contributed by atoms with Crippen molar-refractivity contribution in [3.05, 3.63) is 64.4 Å². The lowest BCUT2D eigenvalue weighted by atomic mass is 10.1. The second-order valence-corrected chi connectivity index (χ2v) is 7.08. The Kier molecular flexibility index (Phi) is 5.59. The largest absolute Gasteiger partial charge is 0.371 e. The number of nitrogens with one attached hydrogen (secondary N) is 1. The summed E-state index contributed by atoms with van der Waals surface area (Å²) in [4.78, 5) is 14.4. The van der Waals surface area contributed by atoms with Crippen LogP contribution < -0.4 is 10.2 Å². The van der Waals surface area contributed by atoms with Gasteiger partial charge in [0.2, 0.25) is 5.91 Å². The molecule has 0 aliphatic carbocycles. The third-order valence-electron chi connectivity index (χ3n) is 4.64. The van der Waals surface area contributed by atoms with Crippen LogP contribution >= 0.6 is 11.6 Å². The molecule has 3 rings (SSSR count). The summed E-state index contributed by atoms with van der Waals surface area (Å²) >= 11 is 6.11. The Morgan fingerprint density at radius 3 is 2.96 bits per heavy atom. The van der Waals surface area contributed by atoms with Gasteiger partial charge in [0.25, 0.3) is 0 Å². The molecule has 25 heavy (non-hydrogen) atoms. The number of halogens is 2. The molecular formula is C20H22ClFN2O. The van der Waals surface area contributed by atoms with E-state index in [0.717, 1.165) is 24.5 Å². The summed E-state index contributed by atoms with van der Waals surface area (Å²) in [5.74, 6) is 0.0338. The van der Waals surface area contributed by atoms with Crippen LogP contribution in [-0.2, 0) is 11.2 Å². The zero-order valence-corrected chi connectivity index (χ0v) is 15.0. The van der Waals surface area contributed by atoms with Crippen LogP contribution in [0.2, 0.25) is 5.02 Å². The lowest BCUT2D eigenvalue weighted by Gasteiger charge is -2.21. The van der Waals surface area contributed by atoms with Crippen molar-refractivity contribution in [3.63, 3.8) is 0 Å². The van der Waals surface area contributed by atoms with Crippen molar-refractivity contribution in [2.45, 2.75) is 19.8 Å². The van der Waals surface area contributed by atoms with Gasteiger partial charge in [-0.25, -0.2) is 4.39 Å². The Morgan fingerprint density at radius 1 is 1.32 bits per heavy atom. The maximum absolute atomic E-state index is 13.2. The monoisotopic (exact) mass is 360 g/mol. The maximum Gasteiger partial charge on any atom is 0.224 e.